The van der Waals surface area contributed by atoms with E-state index < -0.39 is 11.9 Å². The number of alkyl halides is 3. The lowest BCUT2D eigenvalue weighted by molar-refractivity contribution is -0.142. The summed E-state index contributed by atoms with van der Waals surface area (Å²) < 4.78 is 47.9. The molecule has 0 saturated carbocycles. The van der Waals surface area contributed by atoms with Gasteiger partial charge in [0.1, 0.15) is 12.0 Å². The number of anilines is 1. The molecule has 5 heterocycles. The van der Waals surface area contributed by atoms with E-state index >= 15 is 0 Å². The van der Waals surface area contributed by atoms with Gasteiger partial charge in [-0.15, -0.1) is 5.10 Å². The third-order valence-electron chi connectivity index (χ3n) is 5.29. The van der Waals surface area contributed by atoms with Crippen LogP contribution >= 0.6 is 0 Å². The van der Waals surface area contributed by atoms with Gasteiger partial charge in [0.25, 0.3) is 0 Å². The minimum absolute atomic E-state index is 0.136. The quantitative estimate of drug-likeness (QED) is 0.517. The van der Waals surface area contributed by atoms with Gasteiger partial charge in [-0.05, 0) is 0 Å². The van der Waals surface area contributed by atoms with Gasteiger partial charge in [0.15, 0.2) is 17.2 Å². The fourth-order valence-electron chi connectivity index (χ4n) is 3.85. The summed E-state index contributed by atoms with van der Waals surface area (Å²) in [6.45, 7) is 1.32. The molecule has 1 aliphatic heterocycles. The van der Waals surface area contributed by atoms with Crippen molar-refractivity contribution in [1.29, 1.82) is 0 Å². The molecule has 0 saturated heterocycles. The van der Waals surface area contributed by atoms with Crippen molar-refractivity contribution < 1.29 is 17.6 Å². The predicted octanol–water partition coefficient (Wildman–Crippen LogP) is 1.71. The van der Waals surface area contributed by atoms with Gasteiger partial charge < -0.3 is 10.2 Å². The van der Waals surface area contributed by atoms with E-state index in [9.17, 15) is 13.2 Å². The molecule has 1 aliphatic rings. The second-order valence-electron chi connectivity index (χ2n) is 7.31. The molecule has 0 bridgehead atoms. The smallest absolute Gasteiger partial charge is 0.435 e. The van der Waals surface area contributed by atoms with Crippen LogP contribution in [0.5, 0.6) is 0 Å². The predicted molar refractivity (Wildman–Crippen MR) is 102 cm³/mol. The zero-order valence-corrected chi connectivity index (χ0v) is 16.5. The fourth-order valence-corrected chi connectivity index (χ4v) is 3.85. The van der Waals surface area contributed by atoms with Crippen LogP contribution in [0.2, 0.25) is 0 Å². The van der Waals surface area contributed by atoms with Gasteiger partial charge in [-0.2, -0.15) is 22.8 Å². The molecule has 4 aromatic rings. The molecule has 0 spiro atoms. The lowest BCUT2D eigenvalue weighted by atomic mass is 10.0. The topological polar surface area (TPSA) is 116 Å². The van der Waals surface area contributed by atoms with E-state index in [2.05, 4.69) is 25.1 Å². The van der Waals surface area contributed by atoms with E-state index in [1.807, 2.05) is 4.90 Å². The number of hydrogen-bond donors (Lipinski definition) is 1. The number of nitrogens with two attached hydrogens (primary N) is 1. The maximum absolute atomic E-state index is 13.3. The average molecular weight is 433 g/mol. The molecule has 5 rings (SSSR count). The Kier molecular flexibility index (Phi) is 4.43. The standard InChI is InChI=1S/C18H18F3N9O/c1-28-12-2-5-29(9-10(12)15(27-28)18(19,20)21)6-3-13-25-14-8-11(16-23-4-7-31-16)24-17(22)30(14)26-13/h4,7-8H,2-3,5-6,9H2,1H3,(H2,22,24). The first-order valence-corrected chi connectivity index (χ1v) is 9.56. The van der Waals surface area contributed by atoms with Gasteiger partial charge in [0.2, 0.25) is 11.8 Å². The van der Waals surface area contributed by atoms with E-state index in [4.69, 9.17) is 10.2 Å². The summed E-state index contributed by atoms with van der Waals surface area (Å²) in [5.74, 6) is 0.975. The molecule has 0 atom stereocenters. The van der Waals surface area contributed by atoms with Crippen molar-refractivity contribution in [2.24, 2.45) is 7.05 Å². The van der Waals surface area contributed by atoms with E-state index in [1.54, 1.807) is 13.1 Å². The van der Waals surface area contributed by atoms with Crippen molar-refractivity contribution in [3.05, 3.63) is 41.3 Å². The van der Waals surface area contributed by atoms with Crippen molar-refractivity contribution in [2.45, 2.75) is 25.6 Å². The molecule has 0 radical (unpaired) electrons. The first-order valence-electron chi connectivity index (χ1n) is 9.56. The number of nitrogens with zero attached hydrogens (tertiary/aromatic N) is 8. The number of aryl methyl sites for hydroxylation is 1. The molecule has 2 N–H and O–H groups in total. The molecule has 13 heteroatoms. The maximum Gasteiger partial charge on any atom is 0.435 e. The van der Waals surface area contributed by atoms with Crippen LogP contribution in [0.3, 0.4) is 0 Å². The Morgan fingerprint density at radius 2 is 2.06 bits per heavy atom. The van der Waals surface area contributed by atoms with Gasteiger partial charge in [-0.3, -0.25) is 9.58 Å². The van der Waals surface area contributed by atoms with Crippen LogP contribution in [0.25, 0.3) is 17.2 Å². The molecule has 0 amide bonds. The molecule has 0 aromatic carbocycles. The van der Waals surface area contributed by atoms with Crippen LogP contribution in [0.4, 0.5) is 19.1 Å². The minimum atomic E-state index is -4.47. The summed E-state index contributed by atoms with van der Waals surface area (Å²) in [5.41, 5.74) is 6.98. The van der Waals surface area contributed by atoms with Crippen LogP contribution in [-0.4, -0.2) is 52.3 Å². The van der Waals surface area contributed by atoms with Crippen molar-refractivity contribution in [1.82, 2.24) is 39.2 Å². The number of nitrogen functional groups attached to an aromatic ring is 1. The molecule has 0 fully saturated rings. The highest BCUT2D eigenvalue weighted by Crippen LogP contribution is 2.34. The zero-order chi connectivity index (χ0) is 21.8. The van der Waals surface area contributed by atoms with Crippen molar-refractivity contribution in [3.8, 4) is 11.6 Å². The van der Waals surface area contributed by atoms with Gasteiger partial charge in [0, 0.05) is 56.8 Å². The first-order chi connectivity index (χ1) is 14.8. The number of rotatable bonds is 4. The summed E-state index contributed by atoms with van der Waals surface area (Å²) in [5, 5.41) is 8.06. The van der Waals surface area contributed by atoms with E-state index in [0.29, 0.717) is 54.7 Å². The Hall–Kier alpha value is -3.48. The molecule has 162 valence electrons. The van der Waals surface area contributed by atoms with Gasteiger partial charge in [0.05, 0.1) is 6.20 Å². The average Bonchev–Trinajstić information content (AvgIpc) is 3.44. The van der Waals surface area contributed by atoms with Crippen LogP contribution in [0, 0.1) is 0 Å². The SMILES string of the molecule is Cn1nc(C(F)(F)F)c2c1CCN(CCc1nc3cc(-c4ncco4)nc(N)n3n1)C2. The van der Waals surface area contributed by atoms with Gasteiger partial charge >= 0.3 is 6.18 Å². The van der Waals surface area contributed by atoms with Gasteiger partial charge in [-0.1, -0.05) is 0 Å². The number of fused-ring (bicyclic) bond motifs is 2. The highest BCUT2D eigenvalue weighted by Gasteiger charge is 2.40. The number of oxazole rings is 1. The Morgan fingerprint density at radius 3 is 2.81 bits per heavy atom. The largest absolute Gasteiger partial charge is 0.443 e. The molecule has 31 heavy (non-hydrogen) atoms. The molecule has 4 aromatic heterocycles. The lowest BCUT2D eigenvalue weighted by Gasteiger charge is -2.27. The number of aromatic nitrogens is 7. The third kappa shape index (κ3) is 3.50. The highest BCUT2D eigenvalue weighted by molar-refractivity contribution is 5.58. The van der Waals surface area contributed by atoms with Crippen molar-refractivity contribution in [3.63, 3.8) is 0 Å². The van der Waals surface area contributed by atoms with Crippen LogP contribution in [0.1, 0.15) is 22.8 Å². The Bertz CT molecular complexity index is 1240. The van der Waals surface area contributed by atoms with E-state index in [1.165, 1.54) is 21.7 Å². The second-order valence-corrected chi connectivity index (χ2v) is 7.31. The van der Waals surface area contributed by atoms with Crippen LogP contribution < -0.4 is 5.73 Å². The van der Waals surface area contributed by atoms with Crippen LogP contribution in [0.15, 0.2) is 22.9 Å². The number of halogens is 3. The summed E-state index contributed by atoms with van der Waals surface area (Å²) >= 11 is 0. The summed E-state index contributed by atoms with van der Waals surface area (Å²) in [7, 11) is 1.55. The molecular weight excluding hydrogens is 415 g/mol. The minimum Gasteiger partial charge on any atom is -0.443 e. The Morgan fingerprint density at radius 1 is 1.23 bits per heavy atom. The fraction of sp³-hybridized carbons (Fsp3) is 0.389. The monoisotopic (exact) mass is 433 g/mol. The Labute approximate surface area is 173 Å². The highest BCUT2D eigenvalue weighted by atomic mass is 19.4. The molecule has 0 aliphatic carbocycles. The van der Waals surface area contributed by atoms with Crippen LogP contribution in [-0.2, 0) is 32.6 Å². The summed E-state index contributed by atoms with van der Waals surface area (Å²) in [4.78, 5) is 14.7. The second kappa shape index (κ2) is 7.04. The summed E-state index contributed by atoms with van der Waals surface area (Å²) in [6, 6.07) is 1.66. The van der Waals surface area contributed by atoms with Gasteiger partial charge in [-0.25, -0.2) is 15.0 Å². The molecular formula is C18H18F3N9O. The lowest BCUT2D eigenvalue weighted by Crippen LogP contribution is -2.33. The van der Waals surface area contributed by atoms with Crippen molar-refractivity contribution >= 4 is 11.6 Å². The Balaban J connectivity index is 1.33. The van der Waals surface area contributed by atoms with E-state index in [-0.39, 0.29) is 18.1 Å². The maximum atomic E-state index is 13.3. The zero-order valence-electron chi connectivity index (χ0n) is 16.5. The summed E-state index contributed by atoms with van der Waals surface area (Å²) in [6.07, 6.45) is -0.578. The number of hydrogen-bond acceptors (Lipinski definition) is 8. The molecule has 0 unspecified atom stereocenters. The normalized spacial score (nSPS) is 15.0. The first kappa shape index (κ1) is 19.5. The third-order valence-corrected chi connectivity index (χ3v) is 5.29. The van der Waals surface area contributed by atoms with E-state index in [0.717, 1.165) is 0 Å². The van der Waals surface area contributed by atoms with Crippen molar-refractivity contribution in [2.75, 3.05) is 18.8 Å². The molecule has 10 nitrogen and oxygen atoms in total.